The molecule has 6 N–H and O–H groups in total. The minimum atomic E-state index is -4.66. The lowest BCUT2D eigenvalue weighted by Crippen LogP contribution is -2.30. The second kappa shape index (κ2) is 21.7. The van der Waals surface area contributed by atoms with Crippen molar-refractivity contribution in [3.8, 4) is 68.6 Å². The number of benzene rings is 2. The number of H-pyrrole nitrogens is 1. The third-order valence-electron chi connectivity index (χ3n) is 10.6. The lowest BCUT2D eigenvalue weighted by atomic mass is 10.1. The normalized spacial score (nSPS) is 11.3. The van der Waals surface area contributed by atoms with Gasteiger partial charge in [0.2, 0.25) is 23.7 Å². The first kappa shape index (κ1) is 52.4. The zero-order valence-corrected chi connectivity index (χ0v) is 40.4. The first-order valence-corrected chi connectivity index (χ1v) is 21.8. The number of methoxy groups -OCH3 is 4. The standard InChI is InChI=1S/C24H19F3N8O4.C23H21F3N8O3/c1-12-6-14(9-15(7-12)37-2)30-22-29-11-17(19(31-22)35-5-4-18(34-35)24(25,26)27)13-8-16(20(38-3)28-10-13)21-32-33-23(36)39-21;1-12-6-14(9-15(7-12)36-2)30-22-29-11-17(13-8-16(20(35)32-27)21(37-3)28-10-13)19(31-22)34-5-4-18(33-34)23(24,25)26/h4-11H,1-3H3,(H,33,36)(H,29,30,31);4-11H,27H2,1-3H3,(H,32,35)(H,29,30,31). The number of nitrogens with zero attached hydrogens (tertiary/aromatic N) is 11. The average molecular weight is 1050 g/mol. The Balaban J connectivity index is 0.000000202. The molecule has 0 fully saturated rings. The molecule has 76 heavy (non-hydrogen) atoms. The van der Waals surface area contributed by atoms with E-state index in [0.29, 0.717) is 34.0 Å². The van der Waals surface area contributed by atoms with E-state index in [4.69, 9.17) is 29.2 Å². The largest absolute Gasteiger partial charge is 0.497 e. The van der Waals surface area contributed by atoms with E-state index in [9.17, 15) is 35.9 Å². The maximum atomic E-state index is 13.3. The van der Waals surface area contributed by atoms with Crippen LogP contribution in [0.1, 0.15) is 32.9 Å². The van der Waals surface area contributed by atoms with Gasteiger partial charge in [0.15, 0.2) is 23.0 Å². The summed E-state index contributed by atoms with van der Waals surface area (Å²) in [5, 5.41) is 19.3. The number of aromatic nitrogens is 12. The number of pyridine rings is 2. The number of nitrogen functional groups attached to an aromatic ring is 1. The predicted molar refractivity (Wildman–Crippen MR) is 258 cm³/mol. The summed E-state index contributed by atoms with van der Waals surface area (Å²) in [6.45, 7) is 3.75. The maximum absolute atomic E-state index is 13.3. The number of aryl methyl sites for hydroxylation is 2. The van der Waals surface area contributed by atoms with Crippen LogP contribution in [0.4, 0.5) is 49.6 Å². The quantitative estimate of drug-likeness (QED) is 0.0304. The number of rotatable bonds is 14. The first-order chi connectivity index (χ1) is 36.3. The SMILES string of the molecule is COc1cc(C)cc(Nc2ncc(-c3cnc(OC)c(-c4n[nH]c(=O)o4)c3)c(-n3ccc(C(F)(F)F)n3)n2)c1.COc1cc(C)cc(Nc2ncc(-c3cnc(OC)c(C(=O)NN)c3)c(-n3ccc(C(F)(F)F)n3)n2)c1. The number of halogens is 6. The third-order valence-corrected chi connectivity index (χ3v) is 10.6. The van der Waals surface area contributed by atoms with Crippen molar-refractivity contribution < 1.29 is 54.5 Å². The van der Waals surface area contributed by atoms with Crippen LogP contribution in [-0.2, 0) is 12.4 Å². The van der Waals surface area contributed by atoms with Crippen LogP contribution in [0, 0.1) is 13.8 Å². The molecule has 0 spiro atoms. The maximum Gasteiger partial charge on any atom is 0.435 e. The van der Waals surface area contributed by atoms with Crippen molar-refractivity contribution >= 4 is 29.2 Å². The number of aromatic amines is 1. The topological polar surface area (TPSA) is 288 Å². The molecule has 9 aromatic rings. The molecule has 23 nitrogen and oxygen atoms in total. The number of ether oxygens (including phenoxy) is 4. The molecule has 7 aromatic heterocycles. The second-order valence-corrected chi connectivity index (χ2v) is 15.8. The Hall–Kier alpha value is -9.93. The Morgan fingerprint density at radius 1 is 0.632 bits per heavy atom. The van der Waals surface area contributed by atoms with Crippen LogP contribution in [0.3, 0.4) is 0 Å². The summed E-state index contributed by atoms with van der Waals surface area (Å²) in [7, 11) is 5.75. The molecular weight excluding hydrogens is 1010 g/mol. The molecule has 1 amide bonds. The van der Waals surface area contributed by atoms with Crippen LogP contribution < -0.4 is 46.6 Å². The van der Waals surface area contributed by atoms with E-state index in [0.717, 1.165) is 45.0 Å². The molecule has 0 saturated carbocycles. The molecule has 7 heterocycles. The lowest BCUT2D eigenvalue weighted by molar-refractivity contribution is -0.142. The van der Waals surface area contributed by atoms with Crippen LogP contribution >= 0.6 is 0 Å². The van der Waals surface area contributed by atoms with Gasteiger partial charge in [0.1, 0.15) is 22.6 Å². The molecule has 29 heteroatoms. The van der Waals surface area contributed by atoms with E-state index in [-0.39, 0.29) is 63.4 Å². The van der Waals surface area contributed by atoms with E-state index in [2.05, 4.69) is 60.9 Å². The summed E-state index contributed by atoms with van der Waals surface area (Å²) in [5.41, 5.74) is 4.18. The van der Waals surface area contributed by atoms with Gasteiger partial charge in [0.05, 0.1) is 28.4 Å². The van der Waals surface area contributed by atoms with Crippen molar-refractivity contribution in [2.45, 2.75) is 26.2 Å². The lowest BCUT2D eigenvalue weighted by Gasteiger charge is -2.14. The van der Waals surface area contributed by atoms with Gasteiger partial charge < -0.3 is 34.0 Å². The number of hydrazine groups is 1. The fourth-order valence-corrected chi connectivity index (χ4v) is 7.21. The van der Waals surface area contributed by atoms with Crippen molar-refractivity contribution in [1.82, 2.24) is 65.1 Å². The third kappa shape index (κ3) is 11.8. The fourth-order valence-electron chi connectivity index (χ4n) is 7.21. The second-order valence-electron chi connectivity index (χ2n) is 15.8. The Kier molecular flexibility index (Phi) is 14.9. The first-order valence-electron chi connectivity index (χ1n) is 21.8. The molecule has 2 aromatic carbocycles. The van der Waals surface area contributed by atoms with Gasteiger partial charge in [-0.3, -0.25) is 10.2 Å². The number of nitrogens with two attached hydrogens (primary N) is 1. The van der Waals surface area contributed by atoms with Crippen molar-refractivity contribution in [2.24, 2.45) is 5.84 Å². The number of hydrogen-bond acceptors (Lipinski definition) is 19. The van der Waals surface area contributed by atoms with Gasteiger partial charge in [0, 0.05) is 82.9 Å². The van der Waals surface area contributed by atoms with E-state index >= 15 is 0 Å². The summed E-state index contributed by atoms with van der Waals surface area (Å²) in [5.74, 6) is 5.16. The molecule has 0 aliphatic heterocycles. The monoisotopic (exact) mass is 1050 g/mol. The highest BCUT2D eigenvalue weighted by Gasteiger charge is 2.35. The number of anilines is 4. The summed E-state index contributed by atoms with van der Waals surface area (Å²) in [4.78, 5) is 49.6. The molecule has 0 unspecified atom stereocenters. The molecule has 9 rings (SSSR count). The highest BCUT2D eigenvalue weighted by molar-refractivity contribution is 5.97. The molecular formula is C47H40F6N16O7. The Morgan fingerprint density at radius 2 is 1.12 bits per heavy atom. The van der Waals surface area contributed by atoms with Gasteiger partial charge in [0.25, 0.3) is 11.8 Å². The number of carbonyl (C=O) groups excluding carboxylic acids is 1. The Labute approximate surface area is 424 Å². The van der Waals surface area contributed by atoms with Gasteiger partial charge in [-0.1, -0.05) is 0 Å². The van der Waals surface area contributed by atoms with Crippen LogP contribution in [0.15, 0.2) is 107 Å². The smallest absolute Gasteiger partial charge is 0.435 e. The van der Waals surface area contributed by atoms with Gasteiger partial charge in [-0.15, -0.1) is 5.10 Å². The Morgan fingerprint density at radius 3 is 1.54 bits per heavy atom. The van der Waals surface area contributed by atoms with Gasteiger partial charge in [-0.2, -0.15) is 46.5 Å². The zero-order valence-electron chi connectivity index (χ0n) is 40.4. The highest BCUT2D eigenvalue weighted by Crippen LogP contribution is 2.36. The molecule has 392 valence electrons. The summed E-state index contributed by atoms with van der Waals surface area (Å²) in [6, 6.07) is 15.3. The fraction of sp³-hybridized carbons (Fsp3) is 0.170. The Bertz CT molecular complexity index is 3630. The molecule has 0 atom stereocenters. The summed E-state index contributed by atoms with van der Waals surface area (Å²) >= 11 is 0. The summed E-state index contributed by atoms with van der Waals surface area (Å²) in [6.07, 6.45) is -1.52. The van der Waals surface area contributed by atoms with Gasteiger partial charge in [-0.25, -0.2) is 45.0 Å². The molecule has 0 saturated heterocycles. The van der Waals surface area contributed by atoms with Crippen LogP contribution in [-0.4, -0.2) is 94.0 Å². The van der Waals surface area contributed by atoms with E-state index in [1.165, 1.54) is 65.4 Å². The number of nitrogens with one attached hydrogen (secondary N) is 4. The minimum absolute atomic E-state index is 0.000651. The van der Waals surface area contributed by atoms with Crippen molar-refractivity contribution in [1.29, 1.82) is 0 Å². The van der Waals surface area contributed by atoms with E-state index < -0.39 is 35.4 Å². The van der Waals surface area contributed by atoms with Crippen LogP contribution in [0.5, 0.6) is 23.3 Å². The van der Waals surface area contributed by atoms with Crippen LogP contribution in [0.25, 0.3) is 45.3 Å². The number of hydrogen-bond donors (Lipinski definition) is 5. The number of carbonyl (C=O) groups is 1. The molecule has 0 radical (unpaired) electrons. The molecule has 0 aliphatic carbocycles. The van der Waals surface area contributed by atoms with E-state index in [1.807, 2.05) is 43.5 Å². The van der Waals surface area contributed by atoms with E-state index in [1.54, 1.807) is 12.1 Å². The minimum Gasteiger partial charge on any atom is -0.497 e. The predicted octanol–water partition coefficient (Wildman–Crippen LogP) is 7.57. The average Bonchev–Trinajstić information content (AvgIpc) is 4.22. The van der Waals surface area contributed by atoms with Crippen molar-refractivity contribution in [2.75, 3.05) is 39.1 Å². The molecule has 0 bridgehead atoms. The van der Waals surface area contributed by atoms with Crippen LogP contribution in [0.2, 0.25) is 0 Å². The highest BCUT2D eigenvalue weighted by atomic mass is 19.4. The molecule has 0 aliphatic rings. The van der Waals surface area contributed by atoms with Gasteiger partial charge in [-0.05, 0) is 73.5 Å². The van der Waals surface area contributed by atoms with Crippen molar-refractivity contribution in [3.63, 3.8) is 0 Å². The zero-order chi connectivity index (χ0) is 54.5. The summed E-state index contributed by atoms with van der Waals surface area (Å²) < 4.78 is 108. The van der Waals surface area contributed by atoms with Gasteiger partial charge >= 0.3 is 18.1 Å². The number of amides is 1. The van der Waals surface area contributed by atoms with Crippen molar-refractivity contribution in [3.05, 3.63) is 136 Å². The number of alkyl halides is 6.